The molecule has 0 amide bonds. The molecule has 6 rings (SSSR count). The molecule has 194 valence electrons. The molecule has 0 N–H and O–H groups in total. The Hall–Kier alpha value is -2.50. The minimum atomic E-state index is -0.162. The molecule has 0 radical (unpaired) electrons. The second-order valence-corrected chi connectivity index (χ2v) is 11.6. The molecule has 5 nitrogen and oxygen atoms in total. The van der Waals surface area contributed by atoms with E-state index in [0.717, 1.165) is 36.4 Å². The summed E-state index contributed by atoms with van der Waals surface area (Å²) in [5.41, 5.74) is 5.30. The lowest BCUT2D eigenvalue weighted by Gasteiger charge is -2.33. The highest BCUT2D eigenvalue weighted by molar-refractivity contribution is 6.39. The monoisotopic (exact) mass is 538 g/mol. The first kappa shape index (κ1) is 24.8. The average Bonchev–Trinajstić information content (AvgIpc) is 3.36. The fraction of sp³-hybridized carbons (Fsp3) is 0.467. The molecular weight excluding hydrogens is 507 g/mol. The van der Waals surface area contributed by atoms with Gasteiger partial charge in [0.15, 0.2) is 0 Å². The van der Waals surface area contributed by atoms with Gasteiger partial charge in [-0.3, -0.25) is 4.79 Å². The summed E-state index contributed by atoms with van der Waals surface area (Å²) in [6, 6.07) is 14.9. The molecule has 2 aliphatic carbocycles. The first-order chi connectivity index (χ1) is 18.0. The van der Waals surface area contributed by atoms with E-state index in [1.165, 1.54) is 49.6 Å². The Balaban J connectivity index is 1.11. The fourth-order valence-electron chi connectivity index (χ4n) is 6.41. The van der Waals surface area contributed by atoms with Crippen molar-refractivity contribution in [2.45, 2.75) is 63.3 Å². The predicted molar refractivity (Wildman–Crippen MR) is 146 cm³/mol. The smallest absolute Gasteiger partial charge is 0.305 e. The van der Waals surface area contributed by atoms with Crippen molar-refractivity contribution in [3.8, 4) is 11.3 Å². The quantitative estimate of drug-likeness (QED) is 0.264. The minimum Gasteiger partial charge on any atom is -0.469 e. The second-order valence-electron chi connectivity index (χ2n) is 10.8. The number of aromatic nitrogens is 1. The molecule has 1 saturated heterocycles. The van der Waals surface area contributed by atoms with Gasteiger partial charge in [-0.25, -0.2) is 0 Å². The van der Waals surface area contributed by atoms with Gasteiger partial charge in [-0.05, 0) is 86.6 Å². The SMILES string of the molecule is COC(=O)CCc1ccc(N2C[C@@H]3C[C@H]2C[C@H]3CCc2c(-c3c(Cl)cccc3Cl)noc2C2CC2)cc1. The van der Waals surface area contributed by atoms with Crippen molar-refractivity contribution in [2.75, 3.05) is 18.6 Å². The van der Waals surface area contributed by atoms with Gasteiger partial charge in [0.25, 0.3) is 0 Å². The summed E-state index contributed by atoms with van der Waals surface area (Å²) in [5.74, 6) is 2.79. The van der Waals surface area contributed by atoms with Crippen LogP contribution in [0, 0.1) is 11.8 Å². The maximum absolute atomic E-state index is 11.4. The summed E-state index contributed by atoms with van der Waals surface area (Å²) in [5, 5.41) is 5.71. The topological polar surface area (TPSA) is 55.6 Å². The molecule has 2 aromatic carbocycles. The Morgan fingerprint density at radius 3 is 2.49 bits per heavy atom. The second kappa shape index (κ2) is 10.3. The summed E-state index contributed by atoms with van der Waals surface area (Å²) in [4.78, 5) is 14.0. The number of halogens is 2. The van der Waals surface area contributed by atoms with Crippen LogP contribution in [0.15, 0.2) is 47.0 Å². The van der Waals surface area contributed by atoms with Crippen molar-refractivity contribution >= 4 is 34.9 Å². The zero-order chi connectivity index (χ0) is 25.5. The Morgan fingerprint density at radius 1 is 1.08 bits per heavy atom. The fourth-order valence-corrected chi connectivity index (χ4v) is 6.99. The number of aryl methyl sites for hydroxylation is 1. The van der Waals surface area contributed by atoms with E-state index >= 15 is 0 Å². The summed E-state index contributed by atoms with van der Waals surface area (Å²) in [7, 11) is 1.44. The number of benzene rings is 2. The minimum absolute atomic E-state index is 0.162. The van der Waals surface area contributed by atoms with Crippen LogP contribution in [0.2, 0.25) is 10.0 Å². The number of hydrogen-bond donors (Lipinski definition) is 0. The molecule has 1 aliphatic heterocycles. The van der Waals surface area contributed by atoms with Crippen molar-refractivity contribution in [2.24, 2.45) is 11.8 Å². The zero-order valence-electron chi connectivity index (χ0n) is 21.1. The third-order valence-electron chi connectivity index (χ3n) is 8.53. The van der Waals surface area contributed by atoms with Gasteiger partial charge in [0.2, 0.25) is 0 Å². The molecule has 0 unspecified atom stereocenters. The lowest BCUT2D eigenvalue weighted by atomic mass is 9.87. The average molecular weight is 540 g/mol. The molecule has 2 saturated carbocycles. The van der Waals surface area contributed by atoms with E-state index < -0.39 is 0 Å². The number of methoxy groups -OCH3 is 1. The normalized spacial score (nSPS) is 22.6. The molecule has 3 fully saturated rings. The first-order valence-corrected chi connectivity index (χ1v) is 14.1. The van der Waals surface area contributed by atoms with Crippen LogP contribution >= 0.6 is 23.2 Å². The van der Waals surface area contributed by atoms with Gasteiger partial charge in [-0.2, -0.15) is 0 Å². The number of rotatable bonds is 9. The summed E-state index contributed by atoms with van der Waals surface area (Å²) < 4.78 is 10.6. The Morgan fingerprint density at radius 2 is 1.84 bits per heavy atom. The van der Waals surface area contributed by atoms with E-state index in [0.29, 0.717) is 46.7 Å². The van der Waals surface area contributed by atoms with Crippen LogP contribution in [0.5, 0.6) is 0 Å². The van der Waals surface area contributed by atoms with Crippen LogP contribution in [0.25, 0.3) is 11.3 Å². The third kappa shape index (κ3) is 5.00. The van der Waals surface area contributed by atoms with Crippen LogP contribution in [-0.2, 0) is 22.4 Å². The number of carbonyl (C=O) groups is 1. The van der Waals surface area contributed by atoms with Gasteiger partial charge in [-0.1, -0.05) is 46.6 Å². The van der Waals surface area contributed by atoms with Crippen LogP contribution in [-0.4, -0.2) is 30.8 Å². The van der Waals surface area contributed by atoms with Crippen molar-refractivity contribution in [3.05, 3.63) is 69.4 Å². The van der Waals surface area contributed by atoms with Gasteiger partial charge in [-0.15, -0.1) is 0 Å². The van der Waals surface area contributed by atoms with Crippen LogP contribution in [0.1, 0.15) is 61.3 Å². The maximum atomic E-state index is 11.4. The molecule has 2 heterocycles. The van der Waals surface area contributed by atoms with Gasteiger partial charge < -0.3 is 14.2 Å². The molecule has 37 heavy (non-hydrogen) atoms. The molecule has 7 heteroatoms. The number of hydrogen-bond acceptors (Lipinski definition) is 5. The molecule has 3 aliphatic rings. The molecule has 3 aromatic rings. The van der Waals surface area contributed by atoms with Crippen molar-refractivity contribution in [1.82, 2.24) is 5.16 Å². The highest BCUT2D eigenvalue weighted by atomic mass is 35.5. The van der Waals surface area contributed by atoms with Gasteiger partial charge in [0.1, 0.15) is 11.5 Å². The van der Waals surface area contributed by atoms with E-state index in [9.17, 15) is 4.79 Å². The van der Waals surface area contributed by atoms with E-state index in [1.54, 1.807) is 0 Å². The van der Waals surface area contributed by atoms with Crippen molar-refractivity contribution < 1.29 is 14.1 Å². The third-order valence-corrected chi connectivity index (χ3v) is 9.16. The van der Waals surface area contributed by atoms with E-state index in [2.05, 4.69) is 34.3 Å². The van der Waals surface area contributed by atoms with Gasteiger partial charge in [0, 0.05) is 41.7 Å². The van der Waals surface area contributed by atoms with Gasteiger partial charge in [0.05, 0.1) is 17.2 Å². The summed E-state index contributed by atoms with van der Waals surface area (Å²) in [6.07, 6.45) is 8.05. The summed E-state index contributed by atoms with van der Waals surface area (Å²) >= 11 is 13.1. The summed E-state index contributed by atoms with van der Waals surface area (Å²) in [6.45, 7) is 1.11. The lowest BCUT2D eigenvalue weighted by molar-refractivity contribution is -0.140. The standard InChI is InChI=1S/C30H32Cl2N2O3/c1-36-27(35)14-7-18-5-11-22(12-6-18)34-17-21-16-23(34)15-20(21)10-13-24-29(33-37-30(24)19-8-9-19)28-25(31)3-2-4-26(28)32/h2-6,11-12,19-21,23H,7-10,13-17H2,1H3/t20-,21+,23-/m1/s1. The maximum Gasteiger partial charge on any atom is 0.305 e. The highest BCUT2D eigenvalue weighted by Crippen LogP contribution is 2.49. The number of carbonyl (C=O) groups excluding carboxylic acids is 1. The van der Waals surface area contributed by atoms with Crippen LogP contribution in [0.3, 0.4) is 0 Å². The highest BCUT2D eigenvalue weighted by Gasteiger charge is 2.44. The van der Waals surface area contributed by atoms with Crippen molar-refractivity contribution in [3.63, 3.8) is 0 Å². The molecule has 3 atom stereocenters. The lowest BCUT2D eigenvalue weighted by Crippen LogP contribution is -2.35. The zero-order valence-corrected chi connectivity index (χ0v) is 22.6. The molecule has 1 aromatic heterocycles. The van der Waals surface area contributed by atoms with E-state index in [4.69, 9.17) is 32.5 Å². The van der Waals surface area contributed by atoms with Crippen molar-refractivity contribution in [1.29, 1.82) is 0 Å². The number of nitrogens with zero attached hydrogens (tertiary/aromatic N) is 2. The number of esters is 1. The van der Waals surface area contributed by atoms with E-state index in [1.807, 2.05) is 18.2 Å². The number of piperidine rings is 1. The molecule has 2 bridgehead atoms. The van der Waals surface area contributed by atoms with Crippen LogP contribution < -0.4 is 4.90 Å². The molecular formula is C30H32Cl2N2O3. The molecule has 0 spiro atoms. The number of anilines is 1. The van der Waals surface area contributed by atoms with E-state index in [-0.39, 0.29) is 5.97 Å². The van der Waals surface area contributed by atoms with Crippen LogP contribution in [0.4, 0.5) is 5.69 Å². The largest absolute Gasteiger partial charge is 0.469 e. The number of fused-ring (bicyclic) bond motifs is 2. The Labute approximate surface area is 228 Å². The predicted octanol–water partition coefficient (Wildman–Crippen LogP) is 7.48. The van der Waals surface area contributed by atoms with Gasteiger partial charge >= 0.3 is 5.97 Å². The Bertz CT molecular complexity index is 1260. The number of ether oxygens (including phenoxy) is 1. The first-order valence-electron chi connectivity index (χ1n) is 13.4. The Kier molecular flexibility index (Phi) is 6.93.